The number of hydrogen-bond acceptors (Lipinski definition) is 5. The van der Waals surface area contributed by atoms with E-state index in [0.29, 0.717) is 17.7 Å². The SMILES string of the molecule is NNC(=O)c1coc(CN2CCOC3CCCC32)c1. The molecule has 3 N–H and O–H groups in total. The average Bonchev–Trinajstić information content (AvgIpc) is 3.07. The molecule has 1 aliphatic carbocycles. The topological polar surface area (TPSA) is 80.7 Å². The van der Waals surface area contributed by atoms with E-state index in [9.17, 15) is 4.79 Å². The van der Waals surface area contributed by atoms with Crippen LogP contribution in [-0.2, 0) is 11.3 Å². The minimum absolute atomic E-state index is 0.323. The summed E-state index contributed by atoms with van der Waals surface area (Å²) in [6, 6.07) is 2.24. The Morgan fingerprint density at radius 3 is 3.26 bits per heavy atom. The molecule has 0 bridgehead atoms. The molecule has 19 heavy (non-hydrogen) atoms. The molecule has 0 spiro atoms. The molecule has 2 fully saturated rings. The van der Waals surface area contributed by atoms with Gasteiger partial charge in [0.2, 0.25) is 0 Å². The average molecular weight is 265 g/mol. The highest BCUT2D eigenvalue weighted by molar-refractivity contribution is 5.93. The second-order valence-corrected chi connectivity index (χ2v) is 5.15. The lowest BCUT2D eigenvalue weighted by atomic mass is 10.1. The number of hydrogen-bond donors (Lipinski definition) is 2. The number of rotatable bonds is 3. The van der Waals surface area contributed by atoms with Gasteiger partial charge in [-0.15, -0.1) is 0 Å². The summed E-state index contributed by atoms with van der Waals surface area (Å²) in [5, 5.41) is 0. The molecule has 1 saturated carbocycles. The molecule has 1 aliphatic heterocycles. The normalized spacial score (nSPS) is 27.2. The minimum Gasteiger partial charge on any atom is -0.467 e. The molecule has 6 nitrogen and oxygen atoms in total. The second kappa shape index (κ2) is 5.32. The zero-order chi connectivity index (χ0) is 13.2. The van der Waals surface area contributed by atoms with Gasteiger partial charge in [-0.2, -0.15) is 0 Å². The maximum atomic E-state index is 11.4. The number of ether oxygens (including phenoxy) is 1. The second-order valence-electron chi connectivity index (χ2n) is 5.15. The van der Waals surface area contributed by atoms with Crippen molar-refractivity contribution in [1.29, 1.82) is 0 Å². The van der Waals surface area contributed by atoms with Crippen LogP contribution in [0.2, 0.25) is 0 Å². The first-order chi connectivity index (χ1) is 9.28. The molecule has 2 atom stereocenters. The third kappa shape index (κ3) is 2.51. The summed E-state index contributed by atoms with van der Waals surface area (Å²) < 4.78 is 11.2. The number of morpholine rings is 1. The summed E-state index contributed by atoms with van der Waals surface area (Å²) in [4.78, 5) is 13.8. The van der Waals surface area contributed by atoms with Crippen LogP contribution in [0.5, 0.6) is 0 Å². The van der Waals surface area contributed by atoms with Crippen LogP contribution in [0.1, 0.15) is 35.4 Å². The van der Waals surface area contributed by atoms with E-state index < -0.39 is 0 Å². The van der Waals surface area contributed by atoms with Gasteiger partial charge in [-0.25, -0.2) is 5.84 Å². The largest absolute Gasteiger partial charge is 0.467 e. The Balaban J connectivity index is 1.67. The van der Waals surface area contributed by atoms with E-state index in [-0.39, 0.29) is 5.91 Å². The van der Waals surface area contributed by atoms with E-state index in [2.05, 4.69) is 10.3 Å². The molecule has 2 heterocycles. The Kier molecular flexibility index (Phi) is 3.54. The van der Waals surface area contributed by atoms with Crippen LogP contribution >= 0.6 is 0 Å². The molecule has 2 unspecified atom stereocenters. The zero-order valence-electron chi connectivity index (χ0n) is 10.8. The quantitative estimate of drug-likeness (QED) is 0.476. The molecular weight excluding hydrogens is 246 g/mol. The fourth-order valence-corrected chi connectivity index (χ4v) is 3.07. The first-order valence-corrected chi connectivity index (χ1v) is 6.72. The standard InChI is InChI=1S/C13H19N3O3/c14-15-13(17)9-6-10(19-8-9)7-16-4-5-18-12-3-1-2-11(12)16/h6,8,11-12H,1-5,7,14H2,(H,15,17). The Morgan fingerprint density at radius 1 is 1.53 bits per heavy atom. The van der Waals surface area contributed by atoms with E-state index in [1.165, 1.54) is 19.1 Å². The van der Waals surface area contributed by atoms with Gasteiger partial charge < -0.3 is 9.15 Å². The highest BCUT2D eigenvalue weighted by atomic mass is 16.5. The third-order valence-electron chi connectivity index (χ3n) is 4.00. The van der Waals surface area contributed by atoms with Gasteiger partial charge >= 0.3 is 0 Å². The van der Waals surface area contributed by atoms with Gasteiger partial charge in [-0.1, -0.05) is 0 Å². The van der Waals surface area contributed by atoms with Crippen LogP contribution in [0, 0.1) is 0 Å². The van der Waals surface area contributed by atoms with Gasteiger partial charge in [-0.3, -0.25) is 15.1 Å². The molecular formula is C13H19N3O3. The van der Waals surface area contributed by atoms with Gasteiger partial charge in [-0.05, 0) is 25.3 Å². The van der Waals surface area contributed by atoms with Gasteiger partial charge in [0.25, 0.3) is 5.91 Å². The van der Waals surface area contributed by atoms with E-state index >= 15 is 0 Å². The van der Waals surface area contributed by atoms with Crippen molar-refractivity contribution in [3.63, 3.8) is 0 Å². The number of amides is 1. The maximum Gasteiger partial charge on any atom is 0.268 e. The summed E-state index contributed by atoms with van der Waals surface area (Å²) in [6.07, 6.45) is 5.38. The highest BCUT2D eigenvalue weighted by Gasteiger charge is 2.36. The van der Waals surface area contributed by atoms with Crippen LogP contribution in [0.3, 0.4) is 0 Å². The van der Waals surface area contributed by atoms with E-state index in [1.807, 2.05) is 0 Å². The Morgan fingerprint density at radius 2 is 2.42 bits per heavy atom. The van der Waals surface area contributed by atoms with Crippen LogP contribution in [0.4, 0.5) is 0 Å². The number of nitrogens with two attached hydrogens (primary N) is 1. The van der Waals surface area contributed by atoms with Crippen molar-refractivity contribution in [1.82, 2.24) is 10.3 Å². The summed E-state index contributed by atoms with van der Waals surface area (Å²) in [5.41, 5.74) is 2.57. The molecule has 0 radical (unpaired) electrons. The van der Waals surface area contributed by atoms with Crippen molar-refractivity contribution >= 4 is 5.91 Å². The van der Waals surface area contributed by atoms with E-state index in [0.717, 1.165) is 31.9 Å². The van der Waals surface area contributed by atoms with Gasteiger partial charge in [0.05, 0.1) is 24.8 Å². The predicted molar refractivity (Wildman–Crippen MR) is 68.2 cm³/mol. The predicted octanol–water partition coefficient (Wildman–Crippen LogP) is 0.636. The van der Waals surface area contributed by atoms with Gasteiger partial charge in [0, 0.05) is 12.6 Å². The van der Waals surface area contributed by atoms with Crippen molar-refractivity contribution in [2.24, 2.45) is 5.84 Å². The third-order valence-corrected chi connectivity index (χ3v) is 4.00. The first kappa shape index (κ1) is 12.7. The molecule has 0 aromatic carbocycles. The lowest BCUT2D eigenvalue weighted by Crippen LogP contribution is -2.47. The number of furan rings is 1. The number of carbonyl (C=O) groups is 1. The molecule has 1 saturated heterocycles. The number of carbonyl (C=O) groups excluding carboxylic acids is 1. The van der Waals surface area contributed by atoms with E-state index in [1.54, 1.807) is 6.07 Å². The molecule has 6 heteroatoms. The number of nitrogens with one attached hydrogen (secondary N) is 1. The summed E-state index contributed by atoms with van der Waals surface area (Å²) in [5.74, 6) is 5.57. The fourth-order valence-electron chi connectivity index (χ4n) is 3.07. The van der Waals surface area contributed by atoms with Crippen molar-refractivity contribution in [2.45, 2.75) is 38.0 Å². The molecule has 3 rings (SSSR count). The zero-order valence-corrected chi connectivity index (χ0v) is 10.8. The first-order valence-electron chi connectivity index (χ1n) is 6.72. The van der Waals surface area contributed by atoms with Crippen LogP contribution in [-0.4, -0.2) is 36.1 Å². The van der Waals surface area contributed by atoms with Crippen LogP contribution in [0.15, 0.2) is 16.7 Å². The van der Waals surface area contributed by atoms with Gasteiger partial charge in [0.1, 0.15) is 12.0 Å². The Bertz CT molecular complexity index is 460. The minimum atomic E-state index is -0.323. The lowest BCUT2D eigenvalue weighted by Gasteiger charge is -2.37. The van der Waals surface area contributed by atoms with E-state index in [4.69, 9.17) is 15.0 Å². The number of nitrogen functional groups attached to an aromatic ring is 1. The summed E-state index contributed by atoms with van der Waals surface area (Å²) >= 11 is 0. The molecule has 1 amide bonds. The molecule has 1 aromatic heterocycles. The molecule has 2 aliphatic rings. The fraction of sp³-hybridized carbons (Fsp3) is 0.615. The van der Waals surface area contributed by atoms with Crippen molar-refractivity contribution in [3.8, 4) is 0 Å². The molecule has 104 valence electrons. The molecule has 1 aromatic rings. The van der Waals surface area contributed by atoms with Crippen molar-refractivity contribution < 1.29 is 13.9 Å². The number of fused-ring (bicyclic) bond motifs is 1. The Hall–Kier alpha value is -1.37. The number of hydrazine groups is 1. The Labute approximate surface area is 111 Å². The van der Waals surface area contributed by atoms with Gasteiger partial charge in [0.15, 0.2) is 0 Å². The van der Waals surface area contributed by atoms with Crippen LogP contribution < -0.4 is 11.3 Å². The maximum absolute atomic E-state index is 11.4. The lowest BCUT2D eigenvalue weighted by molar-refractivity contribution is -0.0606. The monoisotopic (exact) mass is 265 g/mol. The summed E-state index contributed by atoms with van der Waals surface area (Å²) in [7, 11) is 0. The highest BCUT2D eigenvalue weighted by Crippen LogP contribution is 2.30. The smallest absolute Gasteiger partial charge is 0.268 e. The summed E-state index contributed by atoms with van der Waals surface area (Å²) in [6.45, 7) is 2.42. The van der Waals surface area contributed by atoms with Crippen LogP contribution in [0.25, 0.3) is 0 Å². The number of nitrogens with zero attached hydrogens (tertiary/aromatic N) is 1. The van der Waals surface area contributed by atoms with Crippen molar-refractivity contribution in [2.75, 3.05) is 13.2 Å². The van der Waals surface area contributed by atoms with Crippen molar-refractivity contribution in [3.05, 3.63) is 23.7 Å².